The third-order valence-corrected chi connectivity index (χ3v) is 6.51. The first-order valence-corrected chi connectivity index (χ1v) is 11.8. The first kappa shape index (κ1) is 26.0. The van der Waals surface area contributed by atoms with Crippen LogP contribution in [0.25, 0.3) is 10.4 Å². The van der Waals surface area contributed by atoms with Gasteiger partial charge >= 0.3 is 12.1 Å². The molecule has 0 spiro atoms. The lowest BCUT2D eigenvalue weighted by Crippen LogP contribution is -2.49. The largest absolute Gasteiger partial charge is 0.465 e. The Morgan fingerprint density at radius 3 is 2.56 bits per heavy atom. The van der Waals surface area contributed by atoms with E-state index >= 15 is 0 Å². The summed E-state index contributed by atoms with van der Waals surface area (Å²) in [6.45, 7) is 0.485. The predicted octanol–water partition coefficient (Wildman–Crippen LogP) is 4.44. The topological polar surface area (TPSA) is 128 Å². The highest BCUT2D eigenvalue weighted by Crippen LogP contribution is 2.35. The molecule has 1 saturated heterocycles. The number of urea groups is 1. The number of halogens is 4. The zero-order chi connectivity index (χ0) is 25.0. The molecule has 1 aliphatic rings. The van der Waals surface area contributed by atoms with Gasteiger partial charge in [0.25, 0.3) is 15.6 Å². The number of carbonyl (C=O) groups excluding carboxylic acids is 3. The third-order valence-electron chi connectivity index (χ3n) is 4.81. The molecular weight excluding hydrogens is 534 g/mol. The molecule has 1 fully saturated rings. The average Bonchev–Trinajstić information content (AvgIpc) is 3.17. The average molecular weight is 552 g/mol. The zero-order valence-electron chi connectivity index (χ0n) is 17.2. The second-order valence-electron chi connectivity index (χ2n) is 7.31. The SMILES string of the molecule is O=C(NC(=O)C(Cl)(Cl)Cl)Nc1cc(-c2cccc(F)c2)sc1C(=O)N[C@H]1CCCN(C(=O)O)C1. The number of anilines is 1. The molecule has 0 unspecified atom stereocenters. The van der Waals surface area contributed by atoms with E-state index in [1.807, 2.05) is 5.32 Å². The maximum atomic E-state index is 13.7. The van der Waals surface area contributed by atoms with Gasteiger partial charge < -0.3 is 20.6 Å². The van der Waals surface area contributed by atoms with E-state index in [2.05, 4.69) is 10.6 Å². The third kappa shape index (κ3) is 6.72. The Balaban J connectivity index is 1.85. The molecule has 1 aromatic carbocycles. The maximum Gasteiger partial charge on any atom is 0.407 e. The number of nitrogens with one attached hydrogen (secondary N) is 3. The number of piperidine rings is 1. The number of hydrogen-bond acceptors (Lipinski definition) is 5. The van der Waals surface area contributed by atoms with Crippen molar-refractivity contribution in [2.24, 2.45) is 0 Å². The number of likely N-dealkylation sites (tertiary alicyclic amines) is 1. The van der Waals surface area contributed by atoms with E-state index < -0.39 is 39.6 Å². The van der Waals surface area contributed by atoms with Crippen molar-refractivity contribution < 1.29 is 28.7 Å². The van der Waals surface area contributed by atoms with Crippen molar-refractivity contribution in [2.45, 2.75) is 22.7 Å². The Morgan fingerprint density at radius 2 is 1.91 bits per heavy atom. The molecule has 182 valence electrons. The fourth-order valence-corrected chi connectivity index (χ4v) is 4.44. The summed E-state index contributed by atoms with van der Waals surface area (Å²) in [6, 6.07) is 5.59. The molecule has 0 bridgehead atoms. The fourth-order valence-electron chi connectivity index (χ4n) is 3.28. The minimum Gasteiger partial charge on any atom is -0.465 e. The van der Waals surface area contributed by atoms with Crippen LogP contribution in [0, 0.1) is 5.82 Å². The van der Waals surface area contributed by atoms with Crippen molar-refractivity contribution in [3.05, 3.63) is 41.0 Å². The van der Waals surface area contributed by atoms with E-state index in [9.17, 15) is 28.7 Å². The highest BCUT2D eigenvalue weighted by Gasteiger charge is 2.32. The molecular formula is C20H18Cl3FN4O5S. The van der Waals surface area contributed by atoms with Crippen molar-refractivity contribution in [3.63, 3.8) is 0 Å². The summed E-state index contributed by atoms with van der Waals surface area (Å²) in [5, 5.41) is 16.2. The molecule has 1 aromatic heterocycles. The molecule has 2 aromatic rings. The first-order chi connectivity index (χ1) is 15.9. The number of imide groups is 1. The molecule has 0 saturated carbocycles. The van der Waals surface area contributed by atoms with E-state index in [4.69, 9.17) is 34.8 Å². The molecule has 34 heavy (non-hydrogen) atoms. The van der Waals surface area contributed by atoms with Gasteiger partial charge in [-0.25, -0.2) is 14.0 Å². The van der Waals surface area contributed by atoms with Crippen LogP contribution in [0.2, 0.25) is 0 Å². The predicted molar refractivity (Wildman–Crippen MR) is 127 cm³/mol. The normalized spacial score (nSPS) is 16.0. The van der Waals surface area contributed by atoms with Crippen molar-refractivity contribution in [1.82, 2.24) is 15.5 Å². The molecule has 14 heteroatoms. The van der Waals surface area contributed by atoms with Gasteiger partial charge in [-0.3, -0.25) is 14.9 Å². The zero-order valence-corrected chi connectivity index (χ0v) is 20.3. The molecule has 1 atom stereocenters. The molecule has 4 N–H and O–H groups in total. The van der Waals surface area contributed by atoms with Gasteiger partial charge in [0, 0.05) is 24.0 Å². The van der Waals surface area contributed by atoms with Crippen molar-refractivity contribution in [1.29, 1.82) is 0 Å². The Kier molecular flexibility index (Phi) is 8.24. The highest BCUT2D eigenvalue weighted by atomic mass is 35.6. The number of amides is 5. The summed E-state index contributed by atoms with van der Waals surface area (Å²) in [4.78, 5) is 50.1. The number of nitrogens with zero attached hydrogens (tertiary/aromatic N) is 1. The molecule has 5 amide bonds. The van der Waals surface area contributed by atoms with Gasteiger partial charge in [0.2, 0.25) is 0 Å². The lowest BCUT2D eigenvalue weighted by molar-refractivity contribution is -0.119. The molecule has 3 rings (SSSR count). The Bertz CT molecular complexity index is 1120. The van der Waals surface area contributed by atoms with Crippen molar-refractivity contribution >= 4 is 75.8 Å². The highest BCUT2D eigenvalue weighted by molar-refractivity contribution is 7.18. The van der Waals surface area contributed by atoms with Gasteiger partial charge in [0.05, 0.1) is 5.69 Å². The maximum absolute atomic E-state index is 13.7. The van der Waals surface area contributed by atoms with Gasteiger partial charge in [-0.15, -0.1) is 11.3 Å². The summed E-state index contributed by atoms with van der Waals surface area (Å²) < 4.78 is 11.3. The summed E-state index contributed by atoms with van der Waals surface area (Å²) >= 11 is 17.3. The van der Waals surface area contributed by atoms with Gasteiger partial charge in [0.15, 0.2) is 0 Å². The smallest absolute Gasteiger partial charge is 0.407 e. The van der Waals surface area contributed by atoms with Gasteiger partial charge in [0.1, 0.15) is 10.7 Å². The molecule has 2 heterocycles. The van der Waals surface area contributed by atoms with Crippen LogP contribution in [-0.2, 0) is 4.79 Å². The summed E-state index contributed by atoms with van der Waals surface area (Å²) in [7, 11) is 0. The monoisotopic (exact) mass is 550 g/mol. The van der Waals surface area contributed by atoms with Gasteiger partial charge in [-0.1, -0.05) is 46.9 Å². The molecule has 0 radical (unpaired) electrons. The summed E-state index contributed by atoms with van der Waals surface area (Å²) in [5.74, 6) is -2.26. The lowest BCUT2D eigenvalue weighted by atomic mass is 10.1. The number of rotatable bonds is 4. The van der Waals surface area contributed by atoms with Crippen LogP contribution >= 0.6 is 46.1 Å². The number of carbonyl (C=O) groups is 4. The molecule has 1 aliphatic heterocycles. The fraction of sp³-hybridized carbons (Fsp3) is 0.300. The molecule has 0 aliphatic carbocycles. The van der Waals surface area contributed by atoms with Crippen LogP contribution in [-0.4, -0.2) is 56.9 Å². The molecule has 9 nitrogen and oxygen atoms in total. The van der Waals surface area contributed by atoms with E-state index in [-0.39, 0.29) is 17.1 Å². The van der Waals surface area contributed by atoms with Gasteiger partial charge in [-0.2, -0.15) is 0 Å². The summed E-state index contributed by atoms with van der Waals surface area (Å²) in [5.41, 5.74) is 0.488. The Hall–Kier alpha value is -2.60. The lowest BCUT2D eigenvalue weighted by Gasteiger charge is -2.31. The number of carboxylic acid groups (broad SMARTS) is 1. The standard InChI is InChI=1S/C20H18Cl3FN4O5S/c21-20(22,23)17(30)27-18(31)26-13-8-14(10-3-1-4-11(24)7-10)34-15(13)16(29)25-12-5-2-6-28(9-12)19(32)33/h1,3-4,7-8,12H,2,5-6,9H2,(H,25,29)(H,32,33)(H2,26,27,30,31)/t12-/m0/s1. The van der Waals surface area contributed by atoms with E-state index in [1.165, 1.54) is 29.2 Å². The Labute approximate surface area is 212 Å². The summed E-state index contributed by atoms with van der Waals surface area (Å²) in [6.07, 6.45) is 0.0581. The van der Waals surface area contributed by atoms with Crippen LogP contribution in [0.3, 0.4) is 0 Å². The number of alkyl halides is 3. The number of thiophene rings is 1. The second-order valence-corrected chi connectivity index (χ2v) is 10.6. The van der Waals surface area contributed by atoms with Crippen LogP contribution in [0.5, 0.6) is 0 Å². The minimum atomic E-state index is -2.38. The number of hydrogen-bond donors (Lipinski definition) is 4. The van der Waals surface area contributed by atoms with Crippen LogP contribution in [0.4, 0.5) is 19.7 Å². The second kappa shape index (κ2) is 10.8. The van der Waals surface area contributed by atoms with E-state index in [0.717, 1.165) is 11.3 Å². The van der Waals surface area contributed by atoms with E-state index in [0.29, 0.717) is 29.8 Å². The van der Waals surface area contributed by atoms with Crippen molar-refractivity contribution in [2.75, 3.05) is 18.4 Å². The minimum absolute atomic E-state index is 0.0299. The van der Waals surface area contributed by atoms with Crippen LogP contribution in [0.1, 0.15) is 22.5 Å². The first-order valence-electron chi connectivity index (χ1n) is 9.81. The van der Waals surface area contributed by atoms with Crippen LogP contribution in [0.15, 0.2) is 30.3 Å². The van der Waals surface area contributed by atoms with Crippen LogP contribution < -0.4 is 16.0 Å². The quantitative estimate of drug-likeness (QED) is 0.418. The number of benzene rings is 1. The Morgan fingerprint density at radius 1 is 1.18 bits per heavy atom. The van der Waals surface area contributed by atoms with Gasteiger partial charge in [-0.05, 0) is 36.6 Å². The van der Waals surface area contributed by atoms with E-state index in [1.54, 1.807) is 6.07 Å². The van der Waals surface area contributed by atoms with Crippen molar-refractivity contribution in [3.8, 4) is 10.4 Å².